The van der Waals surface area contributed by atoms with Crippen molar-refractivity contribution in [2.24, 2.45) is 11.7 Å². The minimum atomic E-state index is 0.0406. The van der Waals surface area contributed by atoms with Crippen LogP contribution in [0.2, 0.25) is 0 Å². The molecule has 118 valence electrons. The third-order valence-electron chi connectivity index (χ3n) is 4.96. The van der Waals surface area contributed by atoms with E-state index in [0.29, 0.717) is 12.0 Å². The summed E-state index contributed by atoms with van der Waals surface area (Å²) >= 11 is 0. The van der Waals surface area contributed by atoms with Gasteiger partial charge in [0.25, 0.3) is 0 Å². The second kappa shape index (κ2) is 6.90. The number of hydrogen-bond donors (Lipinski definition) is 1. The van der Waals surface area contributed by atoms with Crippen LogP contribution >= 0.6 is 0 Å². The van der Waals surface area contributed by atoms with E-state index in [1.165, 1.54) is 32.4 Å². The molecule has 0 aromatic carbocycles. The Bertz CT molecular complexity index is 435. The topological polar surface area (TPSA) is 56.3 Å². The second-order valence-corrected chi connectivity index (χ2v) is 6.59. The fraction of sp³-hybridized carbons (Fsp3) is 0.812. The minimum Gasteiger partial charge on any atom is -0.381 e. The first-order valence-electron chi connectivity index (χ1n) is 8.33. The second-order valence-electron chi connectivity index (χ2n) is 6.59. The number of ether oxygens (including phenoxy) is 1. The average molecular weight is 292 g/mol. The normalized spacial score (nSPS) is 26.9. The molecule has 0 radical (unpaired) electrons. The highest BCUT2D eigenvalue weighted by Crippen LogP contribution is 2.28. The molecule has 3 heterocycles. The van der Waals surface area contributed by atoms with Crippen LogP contribution < -0.4 is 5.73 Å². The van der Waals surface area contributed by atoms with Gasteiger partial charge in [0.2, 0.25) is 0 Å². The van der Waals surface area contributed by atoms with E-state index in [0.717, 1.165) is 31.9 Å². The Morgan fingerprint density at radius 1 is 1.38 bits per heavy atom. The van der Waals surface area contributed by atoms with Crippen molar-refractivity contribution >= 4 is 0 Å². The predicted octanol–water partition coefficient (Wildman–Crippen LogP) is 1.97. The summed E-state index contributed by atoms with van der Waals surface area (Å²) in [5.41, 5.74) is 7.62. The van der Waals surface area contributed by atoms with E-state index in [2.05, 4.69) is 21.4 Å². The molecule has 5 heteroatoms. The molecule has 0 spiro atoms. The van der Waals surface area contributed by atoms with Crippen LogP contribution in [-0.2, 0) is 4.74 Å². The van der Waals surface area contributed by atoms with Crippen LogP contribution in [0.5, 0.6) is 0 Å². The van der Waals surface area contributed by atoms with Crippen LogP contribution in [0, 0.1) is 5.92 Å². The van der Waals surface area contributed by atoms with Gasteiger partial charge in [-0.25, -0.2) is 4.98 Å². The van der Waals surface area contributed by atoms with E-state index in [-0.39, 0.29) is 6.04 Å². The number of likely N-dealkylation sites (tertiary alicyclic amines) is 1. The Morgan fingerprint density at radius 3 is 2.90 bits per heavy atom. The fourth-order valence-electron chi connectivity index (χ4n) is 3.62. The van der Waals surface area contributed by atoms with Crippen molar-refractivity contribution in [1.29, 1.82) is 0 Å². The zero-order chi connectivity index (χ0) is 14.7. The Morgan fingerprint density at radius 2 is 2.19 bits per heavy atom. The fourth-order valence-corrected chi connectivity index (χ4v) is 3.62. The Hall–Kier alpha value is -0.910. The Balaban J connectivity index is 1.65. The molecule has 0 saturated carbocycles. The molecule has 0 bridgehead atoms. The largest absolute Gasteiger partial charge is 0.381 e. The number of nitrogens with zero attached hydrogens (tertiary/aromatic N) is 3. The minimum absolute atomic E-state index is 0.0406. The lowest BCUT2D eigenvalue weighted by molar-refractivity contribution is 0.178. The van der Waals surface area contributed by atoms with E-state index in [4.69, 9.17) is 10.5 Å². The highest BCUT2D eigenvalue weighted by atomic mass is 16.5. The lowest BCUT2D eigenvalue weighted by atomic mass is 9.97. The monoisotopic (exact) mass is 292 g/mol. The van der Waals surface area contributed by atoms with Gasteiger partial charge in [-0.2, -0.15) is 0 Å². The SMILES string of the molecule is CC(CN1CCCCC1)n1cncc1C(N)C1CCOC1. The molecular weight excluding hydrogens is 264 g/mol. The Kier molecular flexibility index (Phi) is 4.93. The van der Waals surface area contributed by atoms with Gasteiger partial charge >= 0.3 is 0 Å². The molecule has 2 fully saturated rings. The van der Waals surface area contributed by atoms with Crippen LogP contribution in [0.3, 0.4) is 0 Å². The van der Waals surface area contributed by atoms with E-state index >= 15 is 0 Å². The molecule has 21 heavy (non-hydrogen) atoms. The van der Waals surface area contributed by atoms with E-state index < -0.39 is 0 Å². The summed E-state index contributed by atoms with van der Waals surface area (Å²) in [4.78, 5) is 6.92. The van der Waals surface area contributed by atoms with Gasteiger partial charge in [-0.1, -0.05) is 6.42 Å². The number of piperidine rings is 1. The molecule has 1 aromatic heterocycles. The van der Waals surface area contributed by atoms with Gasteiger partial charge in [0.05, 0.1) is 24.7 Å². The number of rotatable bonds is 5. The molecule has 2 saturated heterocycles. The lowest BCUT2D eigenvalue weighted by Crippen LogP contribution is -2.35. The first-order valence-corrected chi connectivity index (χ1v) is 8.33. The van der Waals surface area contributed by atoms with Crippen molar-refractivity contribution < 1.29 is 4.74 Å². The van der Waals surface area contributed by atoms with Crippen molar-refractivity contribution in [2.45, 2.75) is 44.7 Å². The molecule has 2 aliphatic rings. The molecular formula is C16H28N4O. The van der Waals surface area contributed by atoms with E-state index in [1.54, 1.807) is 0 Å². The van der Waals surface area contributed by atoms with E-state index in [1.807, 2.05) is 12.5 Å². The van der Waals surface area contributed by atoms with Gasteiger partial charge in [0.15, 0.2) is 0 Å². The van der Waals surface area contributed by atoms with Crippen molar-refractivity contribution in [3.63, 3.8) is 0 Å². The maximum Gasteiger partial charge on any atom is 0.0951 e. The summed E-state index contributed by atoms with van der Waals surface area (Å²) in [6.45, 7) is 7.46. The third-order valence-corrected chi connectivity index (χ3v) is 4.96. The average Bonchev–Trinajstić information content (AvgIpc) is 3.19. The molecule has 3 atom stereocenters. The first kappa shape index (κ1) is 15.0. The zero-order valence-electron chi connectivity index (χ0n) is 13.1. The zero-order valence-corrected chi connectivity index (χ0v) is 13.1. The molecule has 0 amide bonds. The molecule has 0 aliphatic carbocycles. The van der Waals surface area contributed by atoms with Crippen LogP contribution in [0.4, 0.5) is 0 Å². The van der Waals surface area contributed by atoms with Crippen molar-refractivity contribution in [2.75, 3.05) is 32.8 Å². The molecule has 2 N–H and O–H groups in total. The number of nitrogens with two attached hydrogens (primary N) is 1. The summed E-state index contributed by atoms with van der Waals surface area (Å²) in [7, 11) is 0. The summed E-state index contributed by atoms with van der Waals surface area (Å²) in [6.07, 6.45) is 9.00. The van der Waals surface area contributed by atoms with Gasteiger partial charge in [-0.3, -0.25) is 0 Å². The van der Waals surface area contributed by atoms with E-state index in [9.17, 15) is 0 Å². The maximum absolute atomic E-state index is 6.46. The van der Waals surface area contributed by atoms with Gasteiger partial charge in [0.1, 0.15) is 0 Å². The first-order chi connectivity index (χ1) is 10.3. The summed E-state index contributed by atoms with van der Waals surface area (Å²) in [6, 6.07) is 0.466. The van der Waals surface area contributed by atoms with Gasteiger partial charge in [-0.15, -0.1) is 0 Å². The maximum atomic E-state index is 6.46. The lowest BCUT2D eigenvalue weighted by Gasteiger charge is -2.31. The van der Waals surface area contributed by atoms with Gasteiger partial charge in [-0.05, 0) is 39.3 Å². The van der Waals surface area contributed by atoms with Crippen LogP contribution in [0.1, 0.15) is 50.4 Å². The van der Waals surface area contributed by atoms with Gasteiger partial charge < -0.3 is 19.9 Å². The highest BCUT2D eigenvalue weighted by molar-refractivity contribution is 5.08. The summed E-state index contributed by atoms with van der Waals surface area (Å²) in [5, 5.41) is 0. The summed E-state index contributed by atoms with van der Waals surface area (Å²) in [5.74, 6) is 0.433. The summed E-state index contributed by atoms with van der Waals surface area (Å²) < 4.78 is 7.76. The van der Waals surface area contributed by atoms with Crippen LogP contribution in [0.15, 0.2) is 12.5 Å². The quantitative estimate of drug-likeness (QED) is 0.901. The molecule has 3 rings (SSSR count). The predicted molar refractivity (Wildman–Crippen MR) is 83.1 cm³/mol. The standard InChI is InChI=1S/C16H28N4O/c1-13(10-19-6-3-2-4-7-19)20-12-18-9-15(20)16(17)14-5-8-21-11-14/h9,12-14,16H,2-8,10-11,17H2,1H3. The smallest absolute Gasteiger partial charge is 0.0951 e. The van der Waals surface area contributed by atoms with Crippen molar-refractivity contribution in [3.8, 4) is 0 Å². The molecule has 1 aromatic rings. The van der Waals surface area contributed by atoms with Crippen LogP contribution in [0.25, 0.3) is 0 Å². The van der Waals surface area contributed by atoms with Crippen molar-refractivity contribution in [1.82, 2.24) is 14.5 Å². The Labute approximate surface area is 127 Å². The molecule has 3 unspecified atom stereocenters. The number of imidazole rings is 1. The molecule has 2 aliphatic heterocycles. The highest BCUT2D eigenvalue weighted by Gasteiger charge is 2.27. The molecule has 5 nitrogen and oxygen atoms in total. The number of hydrogen-bond acceptors (Lipinski definition) is 4. The van der Waals surface area contributed by atoms with Gasteiger partial charge in [0, 0.05) is 31.3 Å². The third kappa shape index (κ3) is 3.47. The van der Waals surface area contributed by atoms with Crippen LogP contribution in [-0.4, -0.2) is 47.3 Å². The van der Waals surface area contributed by atoms with Crippen molar-refractivity contribution in [3.05, 3.63) is 18.2 Å². The number of aromatic nitrogens is 2.